The average molecular weight is 477 g/mol. The van der Waals surface area contributed by atoms with Gasteiger partial charge in [-0.2, -0.15) is 0 Å². The number of halogens is 1. The molecule has 1 fully saturated rings. The van der Waals surface area contributed by atoms with Gasteiger partial charge in [-0.05, 0) is 56.2 Å². The summed E-state index contributed by atoms with van der Waals surface area (Å²) in [6, 6.07) is 5.62. The minimum absolute atomic E-state index is 0.0203. The second-order valence-electron chi connectivity index (χ2n) is 7.24. The van der Waals surface area contributed by atoms with Gasteiger partial charge in [-0.25, -0.2) is 9.59 Å². The third-order valence-electron chi connectivity index (χ3n) is 4.86. The predicted octanol–water partition coefficient (Wildman–Crippen LogP) is 4.39. The SMILES string of the molecule is CCOc1cc(/C=C2\NC(=O)N(Cc3ccc(C(=O)OC)o3)C2=O)cc(Cl)c1O[C@@H](C)CC. The summed E-state index contributed by atoms with van der Waals surface area (Å²) in [5.74, 6) is -0.0948. The van der Waals surface area contributed by atoms with Crippen LogP contribution in [0.2, 0.25) is 5.02 Å². The number of carbonyl (C=O) groups excluding carboxylic acids is 3. The standard InChI is InChI=1S/C23H25ClN2O7/c1-5-13(3)32-20-16(24)9-14(11-19(20)31-6-2)10-17-21(27)26(23(29)25-17)12-15-7-8-18(33-15)22(28)30-4/h7-11,13H,5-6,12H2,1-4H3,(H,25,29)/b17-10-/t13-/m0/s1. The van der Waals surface area contributed by atoms with E-state index in [4.69, 9.17) is 25.5 Å². The minimum Gasteiger partial charge on any atom is -0.490 e. The Kier molecular flexibility index (Phi) is 7.65. The predicted molar refractivity (Wildman–Crippen MR) is 120 cm³/mol. The van der Waals surface area contributed by atoms with Gasteiger partial charge in [-0.15, -0.1) is 0 Å². The molecule has 0 bridgehead atoms. The number of esters is 1. The van der Waals surface area contributed by atoms with E-state index < -0.39 is 17.9 Å². The number of hydrogen-bond donors (Lipinski definition) is 1. The first-order chi connectivity index (χ1) is 15.8. The Balaban J connectivity index is 1.83. The van der Waals surface area contributed by atoms with Gasteiger partial charge in [0.15, 0.2) is 11.5 Å². The van der Waals surface area contributed by atoms with Crippen LogP contribution in [0.25, 0.3) is 6.08 Å². The molecule has 0 radical (unpaired) electrons. The van der Waals surface area contributed by atoms with E-state index in [0.717, 1.165) is 11.3 Å². The molecular weight excluding hydrogens is 452 g/mol. The Morgan fingerprint density at radius 1 is 1.27 bits per heavy atom. The van der Waals surface area contributed by atoms with Gasteiger partial charge in [0, 0.05) is 0 Å². The van der Waals surface area contributed by atoms with Gasteiger partial charge < -0.3 is 23.9 Å². The summed E-state index contributed by atoms with van der Waals surface area (Å²) >= 11 is 6.43. The van der Waals surface area contributed by atoms with Gasteiger partial charge in [0.2, 0.25) is 5.76 Å². The summed E-state index contributed by atoms with van der Waals surface area (Å²) in [6.07, 6.45) is 2.24. The summed E-state index contributed by atoms with van der Waals surface area (Å²) in [5, 5.41) is 2.87. The zero-order valence-corrected chi connectivity index (χ0v) is 19.5. The fourth-order valence-corrected chi connectivity index (χ4v) is 3.31. The van der Waals surface area contributed by atoms with Crippen LogP contribution in [-0.4, -0.2) is 42.6 Å². The first-order valence-electron chi connectivity index (χ1n) is 10.4. The number of benzene rings is 1. The second kappa shape index (κ2) is 10.4. The third kappa shape index (κ3) is 5.48. The third-order valence-corrected chi connectivity index (χ3v) is 5.14. The van der Waals surface area contributed by atoms with E-state index in [9.17, 15) is 14.4 Å². The summed E-state index contributed by atoms with van der Waals surface area (Å²) in [4.78, 5) is 37.7. The van der Waals surface area contributed by atoms with Gasteiger partial charge >= 0.3 is 12.0 Å². The normalized spacial score (nSPS) is 15.5. The van der Waals surface area contributed by atoms with Crippen LogP contribution in [0.5, 0.6) is 11.5 Å². The zero-order chi connectivity index (χ0) is 24.1. The molecule has 1 aromatic heterocycles. The number of methoxy groups -OCH3 is 1. The molecule has 2 aromatic rings. The maximum atomic E-state index is 12.8. The number of furan rings is 1. The number of nitrogens with one attached hydrogen (secondary N) is 1. The maximum absolute atomic E-state index is 12.8. The fraction of sp³-hybridized carbons (Fsp3) is 0.348. The lowest BCUT2D eigenvalue weighted by Crippen LogP contribution is -2.30. The number of nitrogens with zero attached hydrogens (tertiary/aromatic N) is 1. The zero-order valence-electron chi connectivity index (χ0n) is 18.8. The Morgan fingerprint density at radius 3 is 2.70 bits per heavy atom. The monoisotopic (exact) mass is 476 g/mol. The van der Waals surface area contributed by atoms with Crippen LogP contribution in [0, 0.1) is 0 Å². The molecule has 0 saturated carbocycles. The van der Waals surface area contributed by atoms with Gasteiger partial charge in [0.25, 0.3) is 5.91 Å². The molecule has 1 N–H and O–H groups in total. The molecule has 176 valence electrons. The molecule has 33 heavy (non-hydrogen) atoms. The Labute approximate surface area is 196 Å². The highest BCUT2D eigenvalue weighted by atomic mass is 35.5. The largest absolute Gasteiger partial charge is 0.490 e. The van der Waals surface area contributed by atoms with Gasteiger partial charge in [-0.3, -0.25) is 9.69 Å². The summed E-state index contributed by atoms with van der Waals surface area (Å²) in [7, 11) is 1.23. The lowest BCUT2D eigenvalue weighted by Gasteiger charge is -2.18. The first kappa shape index (κ1) is 24.2. The van der Waals surface area contributed by atoms with Crippen molar-refractivity contribution in [2.45, 2.75) is 39.8 Å². The van der Waals surface area contributed by atoms with E-state index in [0.29, 0.717) is 28.7 Å². The molecular formula is C23H25ClN2O7. The molecule has 10 heteroatoms. The van der Waals surface area contributed by atoms with Crippen LogP contribution >= 0.6 is 11.6 Å². The number of urea groups is 1. The topological polar surface area (TPSA) is 107 Å². The van der Waals surface area contributed by atoms with E-state index in [1.165, 1.54) is 25.3 Å². The molecule has 0 aliphatic carbocycles. The lowest BCUT2D eigenvalue weighted by atomic mass is 10.1. The highest BCUT2D eigenvalue weighted by molar-refractivity contribution is 6.32. The first-order valence-corrected chi connectivity index (χ1v) is 10.8. The number of carbonyl (C=O) groups is 3. The van der Waals surface area contributed by atoms with Crippen molar-refractivity contribution in [1.29, 1.82) is 0 Å². The molecule has 3 amide bonds. The molecule has 1 atom stereocenters. The van der Waals surface area contributed by atoms with E-state index in [1.54, 1.807) is 12.1 Å². The van der Waals surface area contributed by atoms with Crippen LogP contribution in [0.3, 0.4) is 0 Å². The van der Waals surface area contributed by atoms with Crippen LogP contribution in [0.15, 0.2) is 34.4 Å². The van der Waals surface area contributed by atoms with Gasteiger partial charge in [0.05, 0.1) is 31.4 Å². The molecule has 3 rings (SSSR count). The Hall–Kier alpha value is -3.46. The highest BCUT2D eigenvalue weighted by Crippen LogP contribution is 2.38. The van der Waals surface area contributed by atoms with E-state index in [1.807, 2.05) is 20.8 Å². The van der Waals surface area contributed by atoms with Crippen LogP contribution in [0.4, 0.5) is 4.79 Å². The number of ether oxygens (including phenoxy) is 3. The molecule has 1 aromatic carbocycles. The Morgan fingerprint density at radius 2 is 2.03 bits per heavy atom. The summed E-state index contributed by atoms with van der Waals surface area (Å²) < 4.78 is 21.5. The van der Waals surface area contributed by atoms with E-state index in [-0.39, 0.29) is 29.9 Å². The molecule has 1 saturated heterocycles. The van der Waals surface area contributed by atoms with Crippen molar-refractivity contribution in [2.75, 3.05) is 13.7 Å². The van der Waals surface area contributed by atoms with Gasteiger partial charge in [0.1, 0.15) is 11.5 Å². The van der Waals surface area contributed by atoms with Crippen LogP contribution in [-0.2, 0) is 16.1 Å². The molecule has 1 aliphatic rings. The van der Waals surface area contributed by atoms with E-state index >= 15 is 0 Å². The molecule has 9 nitrogen and oxygen atoms in total. The summed E-state index contributed by atoms with van der Waals surface area (Å²) in [6.45, 7) is 6.01. The number of hydrogen-bond acceptors (Lipinski definition) is 7. The second-order valence-corrected chi connectivity index (χ2v) is 7.64. The lowest BCUT2D eigenvalue weighted by molar-refractivity contribution is -0.123. The minimum atomic E-state index is -0.651. The summed E-state index contributed by atoms with van der Waals surface area (Å²) in [5.41, 5.74) is 0.616. The van der Waals surface area contributed by atoms with Crippen molar-refractivity contribution < 1.29 is 33.0 Å². The molecule has 1 aliphatic heterocycles. The van der Waals surface area contributed by atoms with Crippen molar-refractivity contribution in [3.05, 3.63) is 52.1 Å². The number of imide groups is 1. The number of rotatable bonds is 9. The van der Waals surface area contributed by atoms with E-state index in [2.05, 4.69) is 10.1 Å². The fourth-order valence-electron chi connectivity index (χ4n) is 3.04. The van der Waals surface area contributed by atoms with Crippen molar-refractivity contribution in [1.82, 2.24) is 10.2 Å². The number of amides is 3. The van der Waals surface area contributed by atoms with Gasteiger partial charge in [-0.1, -0.05) is 18.5 Å². The average Bonchev–Trinajstić information content (AvgIpc) is 3.36. The Bertz CT molecular complexity index is 1090. The van der Waals surface area contributed by atoms with Crippen molar-refractivity contribution in [3.63, 3.8) is 0 Å². The van der Waals surface area contributed by atoms with Crippen LogP contribution in [0.1, 0.15) is 49.1 Å². The van der Waals surface area contributed by atoms with Crippen molar-refractivity contribution in [2.24, 2.45) is 0 Å². The smallest absolute Gasteiger partial charge is 0.373 e. The molecule has 0 spiro atoms. The van der Waals surface area contributed by atoms with Crippen LogP contribution < -0.4 is 14.8 Å². The van der Waals surface area contributed by atoms with Crippen molar-refractivity contribution >= 4 is 35.6 Å². The maximum Gasteiger partial charge on any atom is 0.373 e. The quantitative estimate of drug-likeness (QED) is 0.325. The molecule has 0 unspecified atom stereocenters. The van der Waals surface area contributed by atoms with Crippen molar-refractivity contribution in [3.8, 4) is 11.5 Å². The molecule has 2 heterocycles. The highest BCUT2D eigenvalue weighted by Gasteiger charge is 2.34.